The molecule has 0 amide bonds. The first-order valence-corrected chi connectivity index (χ1v) is 11.3. The lowest BCUT2D eigenvalue weighted by molar-refractivity contribution is 0.506. The van der Waals surface area contributed by atoms with E-state index in [9.17, 15) is 8.42 Å². The minimum atomic E-state index is -3.49. The Morgan fingerprint density at radius 3 is 2.67 bits per heavy atom. The van der Waals surface area contributed by atoms with Crippen molar-refractivity contribution in [2.45, 2.75) is 55.9 Å². The summed E-state index contributed by atoms with van der Waals surface area (Å²) in [4.78, 5) is 3.90. The predicted octanol–water partition coefficient (Wildman–Crippen LogP) is 3.88. The largest absolute Gasteiger partial charge is 0.358 e. The monoisotopic (exact) mass is 380 g/mol. The normalized spacial score (nSPS) is 19.6. The molecule has 1 atom stereocenters. The lowest BCUT2D eigenvalue weighted by Gasteiger charge is -2.24. The summed E-state index contributed by atoms with van der Waals surface area (Å²) >= 11 is 0. The summed E-state index contributed by atoms with van der Waals surface area (Å²) in [7, 11) is -3.49. The molecular weight excluding hydrogens is 356 g/mol. The van der Waals surface area contributed by atoms with Crippen LogP contribution >= 0.6 is 0 Å². The molecule has 0 saturated heterocycles. The Balaban J connectivity index is 1.40. The molecule has 0 spiro atoms. The molecule has 1 heterocycles. The van der Waals surface area contributed by atoms with Crippen molar-refractivity contribution in [2.24, 2.45) is 0 Å². The third-order valence-corrected chi connectivity index (χ3v) is 7.57. The zero-order valence-electron chi connectivity index (χ0n) is 15.3. The highest BCUT2D eigenvalue weighted by molar-refractivity contribution is 7.89. The second kappa shape index (κ2) is 6.50. The molecule has 2 aliphatic rings. The molecule has 2 aliphatic carbocycles. The van der Waals surface area contributed by atoms with Gasteiger partial charge in [0.1, 0.15) is 0 Å². The number of nitrogens with one attached hydrogen (secondary N) is 2. The third-order valence-electron chi connectivity index (χ3n) is 6.05. The van der Waals surface area contributed by atoms with Crippen LogP contribution in [-0.2, 0) is 35.7 Å². The highest BCUT2D eigenvalue weighted by Gasteiger charge is 2.27. The Morgan fingerprint density at radius 2 is 1.78 bits per heavy atom. The second-order valence-electron chi connectivity index (χ2n) is 7.83. The first-order valence-electron chi connectivity index (χ1n) is 9.83. The van der Waals surface area contributed by atoms with Gasteiger partial charge in [-0.15, -0.1) is 0 Å². The fourth-order valence-electron chi connectivity index (χ4n) is 4.63. The van der Waals surface area contributed by atoms with Gasteiger partial charge in [-0.2, -0.15) is 0 Å². The van der Waals surface area contributed by atoms with Crippen LogP contribution in [0.4, 0.5) is 0 Å². The molecule has 0 bridgehead atoms. The lowest BCUT2D eigenvalue weighted by Crippen LogP contribution is -2.38. The Hall–Kier alpha value is -2.11. The van der Waals surface area contributed by atoms with Crippen LogP contribution in [0.1, 0.15) is 41.6 Å². The maximum Gasteiger partial charge on any atom is 0.240 e. The summed E-state index contributed by atoms with van der Waals surface area (Å²) in [6.07, 6.45) is 6.84. The summed E-state index contributed by atoms with van der Waals surface area (Å²) in [5.74, 6) is 0. The summed E-state index contributed by atoms with van der Waals surface area (Å²) in [5, 5.41) is 1.21. The van der Waals surface area contributed by atoms with Crippen molar-refractivity contribution in [2.75, 3.05) is 0 Å². The van der Waals surface area contributed by atoms with E-state index in [2.05, 4.69) is 21.8 Å². The molecule has 2 aromatic carbocycles. The van der Waals surface area contributed by atoms with Crippen LogP contribution in [0.5, 0.6) is 0 Å². The van der Waals surface area contributed by atoms with Crippen molar-refractivity contribution in [3.63, 3.8) is 0 Å². The number of benzene rings is 2. The van der Waals surface area contributed by atoms with Gasteiger partial charge in [0, 0.05) is 22.6 Å². The first-order chi connectivity index (χ1) is 13.1. The van der Waals surface area contributed by atoms with Gasteiger partial charge in [0.15, 0.2) is 0 Å². The van der Waals surface area contributed by atoms with Crippen LogP contribution in [0.2, 0.25) is 0 Å². The fraction of sp³-hybridized carbons (Fsp3) is 0.364. The molecule has 1 unspecified atom stereocenters. The van der Waals surface area contributed by atoms with E-state index in [0.29, 0.717) is 4.90 Å². The summed E-state index contributed by atoms with van der Waals surface area (Å²) in [5.41, 5.74) is 6.16. The van der Waals surface area contributed by atoms with Crippen LogP contribution in [0.3, 0.4) is 0 Å². The number of fused-ring (bicyclic) bond motifs is 4. The molecule has 0 radical (unpaired) electrons. The number of hydrogen-bond acceptors (Lipinski definition) is 2. The maximum atomic E-state index is 13.0. The van der Waals surface area contributed by atoms with Crippen LogP contribution in [-0.4, -0.2) is 19.4 Å². The van der Waals surface area contributed by atoms with Gasteiger partial charge in [0.2, 0.25) is 10.0 Å². The molecule has 5 rings (SSSR count). The van der Waals surface area contributed by atoms with Gasteiger partial charge in [-0.1, -0.05) is 24.3 Å². The predicted molar refractivity (Wildman–Crippen MR) is 108 cm³/mol. The van der Waals surface area contributed by atoms with Gasteiger partial charge in [-0.25, -0.2) is 13.1 Å². The van der Waals surface area contributed by atoms with Crippen molar-refractivity contribution >= 4 is 20.9 Å². The second-order valence-corrected chi connectivity index (χ2v) is 9.54. The fourth-order valence-corrected chi connectivity index (χ4v) is 5.96. The number of sulfonamides is 1. The summed E-state index contributed by atoms with van der Waals surface area (Å²) in [6.45, 7) is 0. The van der Waals surface area contributed by atoms with Crippen molar-refractivity contribution in [1.29, 1.82) is 0 Å². The van der Waals surface area contributed by atoms with E-state index in [4.69, 9.17) is 0 Å². The topological polar surface area (TPSA) is 62.0 Å². The lowest BCUT2D eigenvalue weighted by atomic mass is 9.92. The molecule has 140 valence electrons. The smallest absolute Gasteiger partial charge is 0.240 e. The van der Waals surface area contributed by atoms with Gasteiger partial charge < -0.3 is 4.98 Å². The molecule has 0 fully saturated rings. The molecular formula is C22H24N2O2S. The molecule has 5 heteroatoms. The van der Waals surface area contributed by atoms with Crippen LogP contribution in [0.25, 0.3) is 10.9 Å². The average molecular weight is 381 g/mol. The number of aryl methyl sites for hydroxylation is 3. The Morgan fingerprint density at radius 1 is 0.963 bits per heavy atom. The standard InChI is InChI=1S/C22H24N2O2S/c25-27(26,18-11-9-15-5-1-2-6-16(15)13-18)24-17-10-12-22-20(14-17)19-7-3-4-8-21(19)23-22/h3-4,7-9,11,13,17,23-24H,1-2,5-6,10,12,14H2. The van der Waals surface area contributed by atoms with E-state index >= 15 is 0 Å². The number of aromatic amines is 1. The van der Waals surface area contributed by atoms with Crippen molar-refractivity contribution in [3.05, 3.63) is 64.8 Å². The Labute approximate surface area is 160 Å². The van der Waals surface area contributed by atoms with Crippen LogP contribution in [0.15, 0.2) is 47.4 Å². The van der Waals surface area contributed by atoms with Gasteiger partial charge in [-0.3, -0.25) is 0 Å². The highest BCUT2D eigenvalue weighted by Crippen LogP contribution is 2.30. The number of aromatic nitrogens is 1. The number of H-pyrrole nitrogens is 1. The van der Waals surface area contributed by atoms with Gasteiger partial charge >= 0.3 is 0 Å². The van der Waals surface area contributed by atoms with Crippen molar-refractivity contribution in [1.82, 2.24) is 9.71 Å². The molecule has 27 heavy (non-hydrogen) atoms. The quantitative estimate of drug-likeness (QED) is 0.724. The summed E-state index contributed by atoms with van der Waals surface area (Å²) in [6, 6.07) is 13.9. The summed E-state index contributed by atoms with van der Waals surface area (Å²) < 4.78 is 28.9. The molecule has 2 N–H and O–H groups in total. The maximum absolute atomic E-state index is 13.0. The van der Waals surface area contributed by atoms with Crippen LogP contribution < -0.4 is 4.72 Å². The molecule has 4 nitrogen and oxygen atoms in total. The molecule has 0 aliphatic heterocycles. The number of rotatable bonds is 3. The zero-order valence-corrected chi connectivity index (χ0v) is 16.1. The minimum Gasteiger partial charge on any atom is -0.358 e. The average Bonchev–Trinajstić information content (AvgIpc) is 3.05. The Bertz CT molecular complexity index is 1110. The highest BCUT2D eigenvalue weighted by atomic mass is 32.2. The van der Waals surface area contributed by atoms with Gasteiger partial charge in [0.25, 0.3) is 0 Å². The minimum absolute atomic E-state index is 0.0576. The van der Waals surface area contributed by atoms with E-state index in [1.807, 2.05) is 24.3 Å². The number of hydrogen-bond donors (Lipinski definition) is 2. The molecule has 1 aromatic heterocycles. The van der Waals surface area contributed by atoms with E-state index in [1.165, 1.54) is 34.2 Å². The van der Waals surface area contributed by atoms with Crippen LogP contribution in [0, 0.1) is 0 Å². The molecule has 0 saturated carbocycles. The zero-order chi connectivity index (χ0) is 18.4. The van der Waals surface area contributed by atoms with E-state index in [1.54, 1.807) is 6.07 Å². The molecule has 3 aromatic rings. The SMILES string of the molecule is O=S(=O)(NC1CCc2[nH]c3ccccc3c2C1)c1ccc2c(c1)CCCC2. The third kappa shape index (κ3) is 3.09. The van der Waals surface area contributed by atoms with Gasteiger partial charge in [0.05, 0.1) is 4.90 Å². The van der Waals surface area contributed by atoms with E-state index in [-0.39, 0.29) is 6.04 Å². The van der Waals surface area contributed by atoms with Crippen molar-refractivity contribution in [3.8, 4) is 0 Å². The van der Waals surface area contributed by atoms with E-state index < -0.39 is 10.0 Å². The Kier molecular flexibility index (Phi) is 4.10. The van der Waals surface area contributed by atoms with Crippen molar-refractivity contribution < 1.29 is 8.42 Å². The number of para-hydroxylation sites is 1. The van der Waals surface area contributed by atoms with E-state index in [0.717, 1.165) is 44.0 Å². The first kappa shape index (κ1) is 17.0. The van der Waals surface area contributed by atoms with Gasteiger partial charge in [-0.05, 0) is 79.8 Å².